The van der Waals surface area contributed by atoms with Crippen LogP contribution in [0.25, 0.3) is 44.5 Å². The fourth-order valence-electron chi connectivity index (χ4n) is 16.1. The number of benzene rings is 4. The van der Waals surface area contributed by atoms with Gasteiger partial charge in [-0.3, -0.25) is 33.3 Å². The highest BCUT2D eigenvalue weighted by Gasteiger charge is 2.52. The summed E-state index contributed by atoms with van der Waals surface area (Å²) in [5, 5.41) is 64.6. The van der Waals surface area contributed by atoms with Crippen LogP contribution in [0.15, 0.2) is 120 Å². The molecule has 0 radical (unpaired) electrons. The average molecular weight is 1790 g/mol. The summed E-state index contributed by atoms with van der Waals surface area (Å²) >= 11 is 0. The highest BCUT2D eigenvalue weighted by atomic mass is 32.2. The normalized spacial score (nSPS) is 18.1. The zero-order valence-corrected chi connectivity index (χ0v) is 72.9. The van der Waals surface area contributed by atoms with Crippen LogP contribution in [-0.2, 0) is 122 Å². The molecule has 8 aromatic rings. The van der Waals surface area contributed by atoms with E-state index in [0.29, 0.717) is 34.7 Å². The largest absolute Gasteiger partial charge is 0.508 e. The maximum Gasteiger partial charge on any atom is 0.424 e. The number of cyclic esters (lactones) is 1. The van der Waals surface area contributed by atoms with Crippen LogP contribution in [0.4, 0.5) is 20.1 Å². The lowest BCUT2D eigenvalue weighted by atomic mass is 9.85. The van der Waals surface area contributed by atoms with Gasteiger partial charge in [-0.1, -0.05) is 89.2 Å². The number of nitrogens with one attached hydrogen (secondary N) is 3. The van der Waals surface area contributed by atoms with E-state index in [4.69, 9.17) is 42.9 Å². The van der Waals surface area contributed by atoms with Crippen LogP contribution in [-0.4, -0.2) is 260 Å². The fraction of sp³-hybridized carbons (Fsp3) is 0.449. The summed E-state index contributed by atoms with van der Waals surface area (Å²) < 4.78 is 83.0. The van der Waals surface area contributed by atoms with Crippen molar-refractivity contribution >= 4 is 97.2 Å². The standard InChI is InChI=1S/C89H105N11O27S/c1-10-57-62-41-55(101)23-25-67(62)92-74-63(57)44-100-69(74)42-66-65(82(100)110)47-122-85(113)89(66,11-2)127-87(115)96(7)32-31-95(6)86(114)123-45-51-22-24-68(71(38-51)125-84-77(107)75(105)76(106)78(126-84)83(111)112)93-80(108)50(5)37-70(103)73(49(3)4)94-72(104)27-33-120-35-36-121-34-29-91-81(109)53(48-128(117,118)119)40-56(102)26-30-99-54(39-52-17-16-28-90-79(52)99)43-97(8)98(9)88(116)124-46-64-60-20-14-12-18-58(60)59-19-13-15-21-61(59)64/h12-25,28,38-39,41-42,49-50,53,64,73,75-78,84,101,105-107H,10-11,26-27,29-37,40,43-48H2,1-9H3,(H,91,109)(H,93,108)(H,94,104)(H,111,112)(H,117,118,119)/t50-,53+,73+,75+,76+,77-,78+,84-,89+/m1/s1. The summed E-state index contributed by atoms with van der Waals surface area (Å²) in [6, 6.07) is 30.8. The molecule has 38 nitrogen and oxygen atoms in total. The van der Waals surface area contributed by atoms with Gasteiger partial charge in [0, 0.05) is 126 Å². The number of aliphatic hydroxyl groups is 3. The number of nitrogens with zero attached hydrogens (tertiary/aromatic N) is 8. The zero-order valence-electron chi connectivity index (χ0n) is 72.1. The number of anilines is 1. The van der Waals surface area contributed by atoms with Gasteiger partial charge in [-0.25, -0.2) is 44.0 Å². The number of ketones is 2. The molecule has 4 aromatic carbocycles. The average Bonchev–Trinajstić information content (AvgIpc) is 1.61. The third-order valence-electron chi connectivity index (χ3n) is 23.3. The number of ether oxygens (including phenoxy) is 8. The van der Waals surface area contributed by atoms with E-state index in [-0.39, 0.29) is 138 Å². The Bertz CT molecular complexity index is 5680. The van der Waals surface area contributed by atoms with E-state index < -0.39 is 160 Å². The van der Waals surface area contributed by atoms with E-state index in [2.05, 4.69) is 20.9 Å². The van der Waals surface area contributed by atoms with Crippen molar-refractivity contribution in [1.82, 2.24) is 49.6 Å². The molecule has 6 amide bonds. The number of likely N-dealkylation sites (N-methyl/N-ethyl adjacent to an activating group) is 2. The number of fused-ring (bicyclic) bond motifs is 9. The Morgan fingerprint density at radius 1 is 0.750 bits per heavy atom. The van der Waals surface area contributed by atoms with Crippen LogP contribution in [0, 0.1) is 17.8 Å². The number of aliphatic hydroxyl groups excluding tert-OH is 3. The Morgan fingerprint density at radius 3 is 2.12 bits per heavy atom. The van der Waals surface area contributed by atoms with Gasteiger partial charge in [-0.05, 0) is 107 Å². The van der Waals surface area contributed by atoms with Gasteiger partial charge in [0.1, 0.15) is 61.1 Å². The molecule has 3 aliphatic heterocycles. The van der Waals surface area contributed by atoms with Crippen molar-refractivity contribution in [1.29, 1.82) is 0 Å². The number of rotatable bonds is 40. The van der Waals surface area contributed by atoms with E-state index >= 15 is 0 Å². The second kappa shape index (κ2) is 41.2. The van der Waals surface area contributed by atoms with Gasteiger partial charge in [0.05, 0.1) is 85.4 Å². The first-order chi connectivity index (χ1) is 61.0. The minimum absolute atomic E-state index is 0.0198. The predicted molar refractivity (Wildman–Crippen MR) is 458 cm³/mol. The Balaban J connectivity index is 0.577. The molecule has 39 heteroatoms. The van der Waals surface area contributed by atoms with Gasteiger partial charge < -0.3 is 98.3 Å². The van der Waals surface area contributed by atoms with Gasteiger partial charge in [0.2, 0.25) is 29.6 Å². The van der Waals surface area contributed by atoms with Crippen molar-refractivity contribution < 1.29 is 124 Å². The number of hydrazine groups is 1. The molecule has 1 fully saturated rings. The summed E-state index contributed by atoms with van der Waals surface area (Å²) in [4.78, 5) is 161. The van der Waals surface area contributed by atoms with E-state index in [1.54, 1.807) is 74.9 Å². The summed E-state index contributed by atoms with van der Waals surface area (Å²) in [5.41, 5.74) is 6.39. The Hall–Kier alpha value is -12.3. The zero-order chi connectivity index (χ0) is 92.3. The highest BCUT2D eigenvalue weighted by Crippen LogP contribution is 2.46. The molecule has 7 heterocycles. The molecule has 0 unspecified atom stereocenters. The van der Waals surface area contributed by atoms with Crippen molar-refractivity contribution in [2.75, 3.05) is 91.9 Å². The number of phenols is 1. The van der Waals surface area contributed by atoms with Gasteiger partial charge in [-0.15, -0.1) is 0 Å². The first kappa shape index (κ1) is 94.8. The number of aliphatic carboxylic acids is 1. The Kier molecular flexibility index (Phi) is 30.5. The number of carbonyl (C=O) groups excluding carboxylic acids is 9. The molecule has 1 saturated heterocycles. The third-order valence-corrected chi connectivity index (χ3v) is 24.1. The number of esters is 1. The molecule has 0 spiro atoms. The van der Waals surface area contributed by atoms with E-state index in [1.807, 2.05) is 67.6 Å². The van der Waals surface area contributed by atoms with Crippen LogP contribution < -0.4 is 26.2 Å². The maximum atomic E-state index is 14.3. The Labute approximate surface area is 736 Å². The van der Waals surface area contributed by atoms with Gasteiger partial charge >= 0.3 is 30.2 Å². The van der Waals surface area contributed by atoms with Crippen molar-refractivity contribution in [2.24, 2.45) is 17.8 Å². The van der Waals surface area contributed by atoms with Gasteiger partial charge in [-0.2, -0.15) is 8.42 Å². The molecule has 4 aromatic heterocycles. The fourth-order valence-corrected chi connectivity index (χ4v) is 16.9. The molecule has 0 saturated carbocycles. The predicted octanol–water partition coefficient (Wildman–Crippen LogP) is 6.31. The summed E-state index contributed by atoms with van der Waals surface area (Å²) in [6.07, 6.45) is -12.2. The lowest BCUT2D eigenvalue weighted by Gasteiger charge is -2.38. The van der Waals surface area contributed by atoms with Crippen molar-refractivity contribution in [3.63, 3.8) is 0 Å². The molecular formula is C89H105N11O27S. The van der Waals surface area contributed by atoms with Crippen LogP contribution in [0.3, 0.4) is 0 Å². The molecule has 1 aliphatic carbocycles. The molecule has 9 atom stereocenters. The number of Topliss-reactive ketones (excluding diaryl/α,β-unsaturated/α-hetero) is 2. The van der Waals surface area contributed by atoms with Gasteiger partial charge in [0.25, 0.3) is 15.7 Å². The summed E-state index contributed by atoms with van der Waals surface area (Å²) in [6.45, 7) is 7.23. The molecular weight excluding hydrogens is 1690 g/mol. The molecule has 9 N–H and O–H groups in total. The Morgan fingerprint density at radius 2 is 1.45 bits per heavy atom. The summed E-state index contributed by atoms with van der Waals surface area (Å²) in [7, 11) is 1.28. The van der Waals surface area contributed by atoms with Crippen molar-refractivity contribution in [2.45, 2.75) is 154 Å². The van der Waals surface area contributed by atoms with Gasteiger partial charge in [0.15, 0.2) is 11.9 Å². The number of hydrogen-bond donors (Lipinski definition) is 9. The number of aryl methyl sites for hydroxylation is 2. The van der Waals surface area contributed by atoms with Crippen LogP contribution in [0.5, 0.6) is 11.5 Å². The van der Waals surface area contributed by atoms with Crippen molar-refractivity contribution in [3.05, 3.63) is 170 Å². The SMILES string of the molecule is CCc1c2c(nc3ccc(O)cc13)-c1cc3c(c(=O)n1C2)COC(=O)[C@@]3(CC)OC(=O)N(C)CCN(C)C(=O)OCc1ccc(NC(=O)[C@H](C)CC(=O)[C@@H](NC(=O)CCOCCOCCNC(=O)[C@@H](CC(=O)CCn2c(CN(C)N(C)C(=O)OCC3c4ccccc4-c4ccccc43)cc3cccnc32)CS(=O)(=O)O)C(C)C)c(O[C@@H]2O[C@H](C(=O)O)[C@@H](O)[C@H](O)[C@H]2O)c1. The minimum Gasteiger partial charge on any atom is -0.508 e. The monoisotopic (exact) mass is 1790 g/mol. The second-order valence-electron chi connectivity index (χ2n) is 32.4. The minimum atomic E-state index is -4.74. The van der Waals surface area contributed by atoms with E-state index in [0.717, 1.165) is 54.0 Å². The number of pyridine rings is 3. The first-order valence-corrected chi connectivity index (χ1v) is 43.5. The third kappa shape index (κ3) is 21.6. The van der Waals surface area contributed by atoms with Crippen molar-refractivity contribution in [3.8, 4) is 34.0 Å². The number of carbonyl (C=O) groups is 10. The van der Waals surface area contributed by atoms with E-state index in [9.17, 15) is 91.2 Å². The summed E-state index contributed by atoms with van der Waals surface area (Å²) in [5.74, 6) is -10.3. The topological polar surface area (TPSA) is 502 Å². The molecule has 4 aliphatic rings. The smallest absolute Gasteiger partial charge is 0.424 e. The van der Waals surface area contributed by atoms with E-state index in [1.165, 1.54) is 54.9 Å². The highest BCUT2D eigenvalue weighted by molar-refractivity contribution is 7.85. The quantitative estimate of drug-likeness (QED) is 0.00668. The first-order valence-electron chi connectivity index (χ1n) is 41.9. The lowest BCUT2D eigenvalue weighted by molar-refractivity contribution is -0.271. The second-order valence-corrected chi connectivity index (χ2v) is 33.9. The number of aromatic hydroxyl groups is 1. The molecule has 128 heavy (non-hydrogen) atoms. The maximum absolute atomic E-state index is 14.3. The number of amides is 6. The molecule has 684 valence electrons. The molecule has 0 bridgehead atoms. The van der Waals surface area contributed by atoms with Crippen LogP contribution in [0.1, 0.15) is 117 Å². The number of carboxylic acid groups (broad SMARTS) is 1. The number of hydrogen-bond acceptors (Lipinski definition) is 28. The number of aromatic nitrogens is 4. The van der Waals surface area contributed by atoms with Crippen LogP contribution >= 0.6 is 0 Å². The van der Waals surface area contributed by atoms with Crippen LogP contribution in [0.2, 0.25) is 0 Å². The molecule has 12 rings (SSSR count). The number of carboxylic acids is 1. The lowest BCUT2D eigenvalue weighted by Crippen LogP contribution is -2.61. The number of phenolic OH excluding ortho intramolecular Hbond substituents is 1.